The highest BCUT2D eigenvalue weighted by molar-refractivity contribution is 7.88. The molecule has 1 aromatic heterocycles. The minimum atomic E-state index is -5.70. The molecule has 494 valence electrons. The van der Waals surface area contributed by atoms with Crippen LogP contribution >= 0.6 is 59.9 Å². The highest BCUT2D eigenvalue weighted by Crippen LogP contribution is 2.39. The van der Waals surface area contributed by atoms with Gasteiger partial charge in [0.15, 0.2) is 11.5 Å². The maximum Gasteiger partial charge on any atom is 0.534 e. The van der Waals surface area contributed by atoms with Crippen molar-refractivity contribution in [2.45, 2.75) is 81.0 Å². The summed E-state index contributed by atoms with van der Waals surface area (Å²) in [7, 11) is -9.23. The normalized spacial score (nSPS) is 17.2. The quantitative estimate of drug-likeness (QED) is 0.0393. The van der Waals surface area contributed by atoms with E-state index in [9.17, 15) is 52.8 Å². The number of fused-ring (bicyclic) bond motifs is 5. The Morgan fingerprint density at radius 2 is 1.32 bits per heavy atom. The van der Waals surface area contributed by atoms with Crippen LogP contribution in [0.2, 0.25) is 20.1 Å². The summed E-state index contributed by atoms with van der Waals surface area (Å²) in [6, 6.07) is 31.5. The van der Waals surface area contributed by atoms with Crippen LogP contribution in [0, 0.1) is 6.57 Å². The molecular weight excluding hydrogens is 1360 g/mol. The molecule has 0 saturated carbocycles. The number of likely N-dealkylation sites (tertiary alicyclic amines) is 1. The van der Waals surface area contributed by atoms with Gasteiger partial charge >= 0.3 is 37.3 Å². The molecule has 6 aromatic carbocycles. The van der Waals surface area contributed by atoms with Crippen molar-refractivity contribution < 1.29 is 65.9 Å². The molecule has 3 aliphatic heterocycles. The van der Waals surface area contributed by atoms with Gasteiger partial charge in [-0.1, -0.05) is 102 Å². The molecule has 2 atom stereocenters. The molecule has 4 heterocycles. The number of alkyl halides is 6. The lowest BCUT2D eigenvalue weighted by atomic mass is 9.91. The van der Waals surface area contributed by atoms with Gasteiger partial charge in [-0.3, -0.25) is 9.59 Å². The minimum absolute atomic E-state index is 0. The fraction of sp³-hybridized carbons (Fsp3) is 0.328. The van der Waals surface area contributed by atoms with Crippen molar-refractivity contribution in [3.63, 3.8) is 0 Å². The van der Waals surface area contributed by atoms with E-state index in [1.165, 1.54) is 42.8 Å². The largest absolute Gasteiger partial charge is 0.534 e. The third kappa shape index (κ3) is 17.5. The zero-order valence-electron chi connectivity index (χ0n) is 49.6. The Morgan fingerprint density at radius 1 is 0.710 bits per heavy atom. The van der Waals surface area contributed by atoms with Gasteiger partial charge in [-0.15, -0.1) is 0 Å². The standard InChI is InChI=1S/C32H36ClN7O2.C11H8ClF3O3S.C11H6ClF3O3S.C10H9ClO.H2S/c1-4-30(41)40-16-15-39(19-25(40)18-34-2)31-26-12-14-38(29-9-5-7-22-10-11-23(33)17-27(22)29)20-28(26)35-32(36-31)42-21-24-8-6-13-37(24)3;2*12-8-5-4-7-2-1-3-10(9(7)6-8)18-19(16,17)11(13,14)15;11-8-5-4-7-2-1-3-10(12)9(7)6-8;/h4-5,7,9-11,17,24-25H,1,6,8,12-16,18-21H2,3H3;3-6H,1-2H2;1-6H;4-6H,1-3H2;1H2/t24-,25?;;;;/m0..../s1. The predicted molar refractivity (Wildman–Crippen MR) is 354 cm³/mol. The summed E-state index contributed by atoms with van der Waals surface area (Å²) >= 11 is 23.7. The van der Waals surface area contributed by atoms with Gasteiger partial charge in [-0.05, 0) is 153 Å². The Kier molecular flexibility index (Phi) is 23.6. The summed E-state index contributed by atoms with van der Waals surface area (Å²) in [5.74, 6) is 0.205. The molecule has 0 radical (unpaired) electrons. The Balaban J connectivity index is 0.000000180. The van der Waals surface area contributed by atoms with Crippen LogP contribution in [0.3, 0.4) is 0 Å². The first kappa shape index (κ1) is 71.8. The highest BCUT2D eigenvalue weighted by Gasteiger charge is 2.50. The van der Waals surface area contributed by atoms with Crippen LogP contribution in [0.25, 0.3) is 32.1 Å². The number of carbonyl (C=O) groups is 2. The molecule has 7 aromatic rings. The maximum atomic E-state index is 12.5. The Morgan fingerprint density at radius 3 is 1.97 bits per heavy atom. The lowest BCUT2D eigenvalue weighted by Gasteiger charge is -2.41. The van der Waals surface area contributed by atoms with Gasteiger partial charge in [0.2, 0.25) is 12.5 Å². The van der Waals surface area contributed by atoms with E-state index in [4.69, 9.17) is 67.7 Å². The Labute approximate surface area is 561 Å². The van der Waals surface area contributed by atoms with Crippen molar-refractivity contribution in [2.24, 2.45) is 0 Å². The van der Waals surface area contributed by atoms with Crippen molar-refractivity contribution in [2.75, 3.05) is 62.7 Å². The number of aryl methyl sites for hydroxylation is 2. The number of halogens is 10. The van der Waals surface area contributed by atoms with Gasteiger partial charge in [-0.2, -0.15) is 66.6 Å². The van der Waals surface area contributed by atoms with Crippen molar-refractivity contribution >= 4 is 131 Å². The fourth-order valence-corrected chi connectivity index (χ4v) is 12.9. The summed E-state index contributed by atoms with van der Waals surface area (Å²) in [5, 5.41) is 4.88. The molecule has 0 N–H and O–H groups in total. The van der Waals surface area contributed by atoms with Gasteiger partial charge < -0.3 is 37.5 Å². The van der Waals surface area contributed by atoms with E-state index in [2.05, 4.69) is 65.8 Å². The summed E-state index contributed by atoms with van der Waals surface area (Å²) in [4.78, 5) is 46.1. The summed E-state index contributed by atoms with van der Waals surface area (Å²) in [5.41, 5.74) is -4.80. The number of rotatable bonds is 11. The van der Waals surface area contributed by atoms with Crippen LogP contribution in [0.1, 0.15) is 70.4 Å². The zero-order valence-corrected chi connectivity index (χ0v) is 55.3. The molecule has 12 rings (SSSR count). The first-order valence-corrected chi connectivity index (χ1v) is 33.1. The average molecular weight is 1420 g/mol. The van der Waals surface area contributed by atoms with E-state index in [1.807, 2.05) is 24.3 Å². The van der Waals surface area contributed by atoms with Crippen LogP contribution < -0.4 is 18.7 Å². The second-order valence-electron chi connectivity index (χ2n) is 21.9. The number of benzene rings is 6. The molecule has 1 unspecified atom stereocenters. The molecule has 16 nitrogen and oxygen atoms in total. The van der Waals surface area contributed by atoms with E-state index < -0.39 is 37.0 Å². The number of anilines is 2. The second kappa shape index (κ2) is 30.6. The number of likely N-dealkylation sites (N-methyl/N-ethyl adjacent to an activating group) is 1. The number of hydrogen-bond donors (Lipinski definition) is 0. The SMILES string of the molecule is O=C1CCCc2ccc(Cl)cc21.O=S(=O)(OC1=CCCc2ccc(Cl)cc21)C(F)(F)F.O=S(=O)(Oc1cccc2ccc(Cl)cc12)C(F)(F)F.S.[C-]#[N+]CC1CN(c2nc(OC[C@@H]3CCCN3C)nc3c2CCN(c2cccc4ccc(Cl)cc24)C3)CCN1C(=O)C=C. The van der Waals surface area contributed by atoms with E-state index >= 15 is 0 Å². The van der Waals surface area contributed by atoms with Crippen LogP contribution in [0.4, 0.5) is 37.8 Å². The number of aromatic nitrogens is 2. The van der Waals surface area contributed by atoms with Crippen LogP contribution in [0.15, 0.2) is 128 Å². The molecule has 93 heavy (non-hydrogen) atoms. The van der Waals surface area contributed by atoms with E-state index in [0.29, 0.717) is 90.1 Å². The average Bonchev–Trinajstić information content (AvgIpc) is 0.953. The lowest BCUT2D eigenvalue weighted by Crippen LogP contribution is -2.56. The minimum Gasteiger partial charge on any atom is -0.462 e. The van der Waals surface area contributed by atoms with Crippen LogP contribution in [-0.4, -0.2) is 124 Å². The third-order valence-corrected chi connectivity index (χ3v) is 18.7. The smallest absolute Gasteiger partial charge is 0.462 e. The Bertz CT molecular complexity index is 4260. The second-order valence-corrected chi connectivity index (χ2v) is 26.7. The van der Waals surface area contributed by atoms with Gasteiger partial charge in [0.1, 0.15) is 24.2 Å². The fourth-order valence-electron chi connectivity index (χ4n) is 11.3. The topological polar surface area (TPSA) is 173 Å². The van der Waals surface area contributed by atoms with Crippen LogP contribution in [-0.2, 0) is 55.0 Å². The summed E-state index contributed by atoms with van der Waals surface area (Å²) in [6.45, 7) is 16.1. The number of amides is 1. The lowest BCUT2D eigenvalue weighted by molar-refractivity contribution is -0.128. The number of carbonyl (C=O) groups excluding carboxylic acids is 2. The van der Waals surface area contributed by atoms with Crippen molar-refractivity contribution in [1.29, 1.82) is 0 Å². The van der Waals surface area contributed by atoms with E-state index in [0.717, 1.165) is 89.5 Å². The van der Waals surface area contributed by atoms with Crippen molar-refractivity contribution in [1.82, 2.24) is 19.8 Å². The number of piperazine rings is 1. The maximum absolute atomic E-state index is 12.5. The van der Waals surface area contributed by atoms with Crippen LogP contribution in [0.5, 0.6) is 11.8 Å². The number of ketones is 1. The highest BCUT2D eigenvalue weighted by atomic mass is 35.5. The molecule has 0 spiro atoms. The molecule has 2 fully saturated rings. The van der Waals surface area contributed by atoms with Crippen molar-refractivity contribution in [3.05, 3.63) is 193 Å². The number of allylic oxidation sites excluding steroid dienone is 1. The molecule has 2 saturated heterocycles. The monoisotopic (exact) mass is 1420 g/mol. The third-order valence-electron chi connectivity index (χ3n) is 15.9. The molecule has 29 heteroatoms. The molecule has 1 amide bonds. The summed E-state index contributed by atoms with van der Waals surface area (Å²) in [6.07, 6.45) is 9.33. The molecular formula is C64H61Cl4F6N7O9S3. The molecule has 5 aliphatic rings. The zero-order chi connectivity index (χ0) is 66.3. The van der Waals surface area contributed by atoms with Gasteiger partial charge in [0, 0.05) is 91.9 Å². The number of ether oxygens (including phenoxy) is 1. The first-order valence-electron chi connectivity index (χ1n) is 28.8. The molecule has 0 bridgehead atoms. The number of hydrogen-bond acceptors (Lipinski definition) is 14. The first-order chi connectivity index (χ1) is 43.6. The van der Waals surface area contributed by atoms with E-state index in [-0.39, 0.29) is 59.5 Å². The number of Topliss-reactive ketones (excluding diaryl/α,β-unsaturated/α-hetero) is 1. The van der Waals surface area contributed by atoms with Gasteiger partial charge in [0.25, 0.3) is 0 Å². The summed E-state index contributed by atoms with van der Waals surface area (Å²) < 4.78 is 132. The predicted octanol–water partition coefficient (Wildman–Crippen LogP) is 14.6. The van der Waals surface area contributed by atoms with Gasteiger partial charge in [-0.25, -0.2) is 6.57 Å². The van der Waals surface area contributed by atoms with E-state index in [1.54, 1.807) is 35.2 Å². The van der Waals surface area contributed by atoms with Gasteiger partial charge in [0.05, 0.1) is 12.2 Å². The number of nitrogens with zero attached hydrogens (tertiary/aromatic N) is 7. The van der Waals surface area contributed by atoms with Crippen molar-refractivity contribution in [3.8, 4) is 11.8 Å². The molecule has 2 aliphatic carbocycles. The Hall–Kier alpha value is -7.02.